The topological polar surface area (TPSA) is 61.9 Å². The van der Waals surface area contributed by atoms with Crippen LogP contribution in [-0.2, 0) is 9.53 Å². The molecular weight excluding hydrogens is 282 g/mol. The van der Waals surface area contributed by atoms with Gasteiger partial charge in [0.05, 0.1) is 12.0 Å². The van der Waals surface area contributed by atoms with Gasteiger partial charge in [-0.3, -0.25) is 4.79 Å². The molecule has 3 rings (SSSR count). The minimum Gasteiger partial charge on any atom is -0.377 e. The van der Waals surface area contributed by atoms with Gasteiger partial charge in [0.1, 0.15) is 0 Å². The second kappa shape index (κ2) is 6.86. The summed E-state index contributed by atoms with van der Waals surface area (Å²) >= 11 is 0. The van der Waals surface area contributed by atoms with Crippen LogP contribution in [0.15, 0.2) is 0 Å². The first-order chi connectivity index (χ1) is 10.7. The maximum Gasteiger partial charge on any atom is 0.317 e. The molecule has 124 valence electrons. The van der Waals surface area contributed by atoms with Crippen molar-refractivity contribution in [2.24, 2.45) is 5.92 Å². The quantitative estimate of drug-likeness (QED) is 0.852. The van der Waals surface area contributed by atoms with Crippen molar-refractivity contribution >= 4 is 11.9 Å². The Hall–Kier alpha value is -1.30. The molecule has 0 saturated carbocycles. The van der Waals surface area contributed by atoms with Crippen LogP contribution in [0, 0.1) is 5.92 Å². The Morgan fingerprint density at radius 3 is 2.68 bits per heavy atom. The Morgan fingerprint density at radius 2 is 2.05 bits per heavy atom. The van der Waals surface area contributed by atoms with E-state index in [2.05, 4.69) is 12.2 Å². The van der Waals surface area contributed by atoms with Crippen LogP contribution in [0.1, 0.15) is 39.0 Å². The van der Waals surface area contributed by atoms with Crippen LogP contribution >= 0.6 is 0 Å². The van der Waals surface area contributed by atoms with E-state index < -0.39 is 0 Å². The van der Waals surface area contributed by atoms with Crippen LogP contribution in [0.5, 0.6) is 0 Å². The van der Waals surface area contributed by atoms with Crippen LogP contribution in [0.25, 0.3) is 0 Å². The second-order valence-corrected chi connectivity index (χ2v) is 6.55. The molecule has 3 fully saturated rings. The maximum absolute atomic E-state index is 12.8. The van der Waals surface area contributed by atoms with Gasteiger partial charge >= 0.3 is 6.03 Å². The summed E-state index contributed by atoms with van der Waals surface area (Å²) < 4.78 is 5.76. The average molecular weight is 309 g/mol. The molecular formula is C16H27N3O3. The molecule has 0 aliphatic carbocycles. The Balaban J connectivity index is 1.54. The lowest BCUT2D eigenvalue weighted by Crippen LogP contribution is -2.51. The number of carbonyl (C=O) groups is 2. The molecule has 3 saturated heterocycles. The lowest BCUT2D eigenvalue weighted by atomic mass is 9.90. The van der Waals surface area contributed by atoms with Crippen LogP contribution in [0.3, 0.4) is 0 Å². The zero-order chi connectivity index (χ0) is 15.5. The molecule has 1 N–H and O–H groups in total. The monoisotopic (exact) mass is 309 g/mol. The largest absolute Gasteiger partial charge is 0.377 e. The van der Waals surface area contributed by atoms with Crippen LogP contribution < -0.4 is 5.32 Å². The third-order valence-electron chi connectivity index (χ3n) is 5.27. The highest BCUT2D eigenvalue weighted by Crippen LogP contribution is 2.27. The van der Waals surface area contributed by atoms with Crippen LogP contribution in [0.4, 0.5) is 4.79 Å². The second-order valence-electron chi connectivity index (χ2n) is 6.55. The van der Waals surface area contributed by atoms with Gasteiger partial charge < -0.3 is 19.9 Å². The fraction of sp³-hybridized carbons (Fsp3) is 0.875. The molecule has 0 aromatic heterocycles. The van der Waals surface area contributed by atoms with E-state index in [0.717, 1.165) is 64.9 Å². The number of piperidine rings is 1. The first-order valence-corrected chi connectivity index (χ1v) is 8.65. The third kappa shape index (κ3) is 3.07. The normalized spacial score (nSPS) is 30.5. The third-order valence-corrected chi connectivity index (χ3v) is 5.27. The summed E-state index contributed by atoms with van der Waals surface area (Å²) in [7, 11) is 0. The van der Waals surface area contributed by atoms with Gasteiger partial charge in [-0.15, -0.1) is 0 Å². The number of urea groups is 1. The number of rotatable bonds is 3. The van der Waals surface area contributed by atoms with Crippen molar-refractivity contribution in [1.82, 2.24) is 15.1 Å². The SMILES string of the molecule is CC[C@H]1OCCC[C@H]1C(=O)N1CCC(N2CCNC2=O)CC1. The molecule has 0 unspecified atom stereocenters. The molecule has 3 aliphatic heterocycles. The smallest absolute Gasteiger partial charge is 0.317 e. The van der Waals surface area contributed by atoms with E-state index in [-0.39, 0.29) is 30.0 Å². The number of amides is 3. The summed E-state index contributed by atoms with van der Waals surface area (Å²) in [5.41, 5.74) is 0. The van der Waals surface area contributed by atoms with Crippen molar-refractivity contribution in [2.75, 3.05) is 32.8 Å². The summed E-state index contributed by atoms with van der Waals surface area (Å²) in [6.45, 7) is 5.95. The van der Waals surface area contributed by atoms with Gasteiger partial charge in [-0.05, 0) is 32.1 Å². The Labute approximate surface area is 132 Å². The predicted octanol–water partition coefficient (Wildman–Crippen LogP) is 1.21. The minimum absolute atomic E-state index is 0.0328. The van der Waals surface area contributed by atoms with Gasteiger partial charge in [-0.2, -0.15) is 0 Å². The van der Waals surface area contributed by atoms with Crippen molar-refractivity contribution in [2.45, 2.75) is 51.2 Å². The first-order valence-electron chi connectivity index (χ1n) is 8.65. The van der Waals surface area contributed by atoms with E-state index in [9.17, 15) is 9.59 Å². The number of likely N-dealkylation sites (tertiary alicyclic amines) is 1. The van der Waals surface area contributed by atoms with E-state index in [4.69, 9.17) is 4.74 Å². The number of hydrogen-bond acceptors (Lipinski definition) is 3. The molecule has 2 atom stereocenters. The molecule has 22 heavy (non-hydrogen) atoms. The molecule has 3 aliphatic rings. The fourth-order valence-electron chi connectivity index (χ4n) is 3.99. The van der Waals surface area contributed by atoms with E-state index in [1.54, 1.807) is 0 Å². The Kier molecular flexibility index (Phi) is 4.86. The fourth-order valence-corrected chi connectivity index (χ4v) is 3.99. The van der Waals surface area contributed by atoms with Crippen molar-refractivity contribution in [3.63, 3.8) is 0 Å². The number of hydrogen-bond donors (Lipinski definition) is 1. The molecule has 0 radical (unpaired) electrons. The van der Waals surface area contributed by atoms with Crippen LogP contribution in [-0.4, -0.2) is 66.7 Å². The minimum atomic E-state index is 0.0328. The number of ether oxygens (including phenoxy) is 1. The van der Waals surface area contributed by atoms with Gasteiger partial charge in [0.15, 0.2) is 0 Å². The molecule has 3 amide bonds. The van der Waals surface area contributed by atoms with E-state index in [1.165, 1.54) is 0 Å². The first kappa shape index (κ1) is 15.6. The summed E-state index contributed by atoms with van der Waals surface area (Å²) in [5.74, 6) is 0.293. The number of carbonyl (C=O) groups excluding carboxylic acids is 2. The molecule has 0 bridgehead atoms. The predicted molar refractivity (Wildman–Crippen MR) is 82.5 cm³/mol. The van der Waals surface area contributed by atoms with E-state index in [0.29, 0.717) is 0 Å². The molecule has 0 spiro atoms. The molecule has 3 heterocycles. The van der Waals surface area contributed by atoms with Gasteiger partial charge in [0, 0.05) is 38.8 Å². The van der Waals surface area contributed by atoms with E-state index >= 15 is 0 Å². The van der Waals surface area contributed by atoms with Gasteiger partial charge in [0.25, 0.3) is 0 Å². The summed E-state index contributed by atoms with van der Waals surface area (Å²) in [6.07, 6.45) is 4.71. The lowest BCUT2D eigenvalue weighted by Gasteiger charge is -2.39. The maximum atomic E-state index is 12.8. The standard InChI is InChI=1S/C16H27N3O3/c1-2-14-13(4-3-11-22-14)15(20)18-8-5-12(6-9-18)19-10-7-17-16(19)21/h12-14H,2-11H2,1H3,(H,17,21)/t13-,14-/m1/s1. The zero-order valence-corrected chi connectivity index (χ0v) is 13.4. The average Bonchev–Trinajstić information content (AvgIpc) is 3.00. The molecule has 6 heteroatoms. The summed E-state index contributed by atoms with van der Waals surface area (Å²) in [6, 6.07) is 0.340. The summed E-state index contributed by atoms with van der Waals surface area (Å²) in [5, 5.41) is 2.86. The van der Waals surface area contributed by atoms with Crippen molar-refractivity contribution in [3.05, 3.63) is 0 Å². The molecule has 0 aromatic rings. The molecule has 0 aromatic carbocycles. The van der Waals surface area contributed by atoms with Gasteiger partial charge in [-0.1, -0.05) is 6.92 Å². The van der Waals surface area contributed by atoms with Crippen molar-refractivity contribution in [3.8, 4) is 0 Å². The Bertz CT molecular complexity index is 421. The molecule has 6 nitrogen and oxygen atoms in total. The Morgan fingerprint density at radius 1 is 1.27 bits per heavy atom. The highest BCUT2D eigenvalue weighted by molar-refractivity contribution is 5.80. The zero-order valence-electron chi connectivity index (χ0n) is 13.4. The number of nitrogens with one attached hydrogen (secondary N) is 1. The van der Waals surface area contributed by atoms with Crippen LogP contribution in [0.2, 0.25) is 0 Å². The van der Waals surface area contributed by atoms with Crippen molar-refractivity contribution < 1.29 is 14.3 Å². The number of nitrogens with zero attached hydrogens (tertiary/aromatic N) is 2. The highest BCUT2D eigenvalue weighted by atomic mass is 16.5. The van der Waals surface area contributed by atoms with Crippen molar-refractivity contribution in [1.29, 1.82) is 0 Å². The lowest BCUT2D eigenvalue weighted by molar-refractivity contribution is -0.146. The van der Waals surface area contributed by atoms with Gasteiger partial charge in [0.2, 0.25) is 5.91 Å². The van der Waals surface area contributed by atoms with Gasteiger partial charge in [-0.25, -0.2) is 4.79 Å². The highest BCUT2D eigenvalue weighted by Gasteiger charge is 2.37. The van der Waals surface area contributed by atoms with E-state index in [1.807, 2.05) is 9.80 Å². The summed E-state index contributed by atoms with van der Waals surface area (Å²) in [4.78, 5) is 28.4.